The maximum absolute atomic E-state index is 13.4. The Kier molecular flexibility index (Phi) is 8.85. The van der Waals surface area contributed by atoms with Gasteiger partial charge in [0.25, 0.3) is 5.91 Å². The number of benzene rings is 4. The lowest BCUT2D eigenvalue weighted by Crippen LogP contribution is -2.19. The second-order valence-electron chi connectivity index (χ2n) is 9.09. The van der Waals surface area contributed by atoms with Gasteiger partial charge in [-0.2, -0.15) is 5.10 Å². The first kappa shape index (κ1) is 29.5. The predicted octanol–water partition coefficient (Wildman–Crippen LogP) is 7.15. The molecular formula is C32H25Cl2N3O6. The second-order valence-corrected chi connectivity index (χ2v) is 9.94. The van der Waals surface area contributed by atoms with Gasteiger partial charge < -0.3 is 23.9 Å². The molecule has 0 aliphatic heterocycles. The molecule has 5 aromatic rings. The van der Waals surface area contributed by atoms with Crippen molar-refractivity contribution in [2.24, 2.45) is 5.10 Å². The summed E-state index contributed by atoms with van der Waals surface area (Å²) in [6.07, 6.45) is 1.38. The largest absolute Gasteiger partial charge is 0.493 e. The molecule has 0 aliphatic rings. The van der Waals surface area contributed by atoms with Crippen LogP contribution in [0.3, 0.4) is 0 Å². The Labute approximate surface area is 256 Å². The number of fused-ring (bicyclic) bond motifs is 1. The van der Waals surface area contributed by atoms with E-state index in [-0.39, 0.29) is 17.0 Å². The molecule has 0 unspecified atom stereocenters. The zero-order chi connectivity index (χ0) is 30.5. The Morgan fingerprint density at radius 3 is 2.19 bits per heavy atom. The van der Waals surface area contributed by atoms with Crippen molar-refractivity contribution >= 4 is 52.2 Å². The fourth-order valence-corrected chi connectivity index (χ4v) is 5.09. The zero-order valence-corrected chi connectivity index (χ0v) is 24.7. The molecule has 1 aromatic heterocycles. The number of aromatic amines is 1. The monoisotopic (exact) mass is 617 g/mol. The number of para-hydroxylation sites is 1. The van der Waals surface area contributed by atoms with Crippen molar-refractivity contribution in [3.05, 3.63) is 106 Å². The van der Waals surface area contributed by atoms with E-state index in [2.05, 4.69) is 15.5 Å². The van der Waals surface area contributed by atoms with Crippen molar-refractivity contribution < 1.29 is 28.5 Å². The van der Waals surface area contributed by atoms with Crippen LogP contribution in [0, 0.1) is 0 Å². The van der Waals surface area contributed by atoms with E-state index < -0.39 is 11.9 Å². The summed E-state index contributed by atoms with van der Waals surface area (Å²) in [7, 11) is 4.38. The summed E-state index contributed by atoms with van der Waals surface area (Å²) < 4.78 is 21.6. The normalized spacial score (nSPS) is 11.0. The molecule has 1 heterocycles. The number of nitrogens with one attached hydrogen (secondary N) is 2. The molecule has 0 saturated carbocycles. The van der Waals surface area contributed by atoms with Crippen molar-refractivity contribution in [2.75, 3.05) is 21.3 Å². The molecule has 11 heteroatoms. The summed E-state index contributed by atoms with van der Waals surface area (Å²) >= 11 is 12.7. The maximum Gasteiger partial charge on any atom is 0.343 e. The Balaban J connectivity index is 1.40. The van der Waals surface area contributed by atoms with E-state index in [1.807, 2.05) is 30.3 Å². The molecular weight excluding hydrogens is 593 g/mol. The Bertz CT molecular complexity index is 1830. The average molecular weight is 618 g/mol. The summed E-state index contributed by atoms with van der Waals surface area (Å²) in [6, 6.07) is 22.5. The quantitative estimate of drug-likeness (QED) is 0.0786. The molecule has 2 N–H and O–H groups in total. The molecule has 9 nitrogen and oxygen atoms in total. The van der Waals surface area contributed by atoms with E-state index in [4.69, 9.17) is 42.1 Å². The van der Waals surface area contributed by atoms with Gasteiger partial charge in [-0.05, 0) is 42.0 Å². The number of methoxy groups -OCH3 is 3. The van der Waals surface area contributed by atoms with Crippen LogP contribution in [0.1, 0.15) is 26.4 Å². The van der Waals surface area contributed by atoms with Gasteiger partial charge in [0, 0.05) is 21.5 Å². The van der Waals surface area contributed by atoms with Gasteiger partial charge in [0.1, 0.15) is 11.4 Å². The second kappa shape index (κ2) is 12.9. The number of rotatable bonds is 9. The molecule has 5 rings (SSSR count). The molecule has 0 fully saturated rings. The van der Waals surface area contributed by atoms with Crippen LogP contribution in [0.4, 0.5) is 0 Å². The smallest absolute Gasteiger partial charge is 0.343 e. The molecule has 0 aliphatic carbocycles. The van der Waals surface area contributed by atoms with Gasteiger partial charge in [-0.15, -0.1) is 0 Å². The van der Waals surface area contributed by atoms with Crippen LogP contribution < -0.4 is 24.4 Å². The number of hydrogen-bond donors (Lipinski definition) is 2. The van der Waals surface area contributed by atoms with Crippen molar-refractivity contribution in [1.29, 1.82) is 0 Å². The fraction of sp³-hybridized carbons (Fsp3) is 0.0938. The highest BCUT2D eigenvalue weighted by Gasteiger charge is 2.22. The van der Waals surface area contributed by atoms with E-state index >= 15 is 0 Å². The first-order valence-corrected chi connectivity index (χ1v) is 13.6. The topological polar surface area (TPSA) is 111 Å². The number of ether oxygens (including phenoxy) is 4. The third-order valence-electron chi connectivity index (χ3n) is 6.51. The minimum atomic E-state index is -0.662. The molecule has 0 saturated heterocycles. The molecule has 0 atom stereocenters. The Hall–Kier alpha value is -4.99. The van der Waals surface area contributed by atoms with Crippen LogP contribution in [-0.2, 0) is 0 Å². The van der Waals surface area contributed by atoms with Crippen LogP contribution in [0.25, 0.3) is 22.0 Å². The van der Waals surface area contributed by atoms with Gasteiger partial charge in [0.2, 0.25) is 5.75 Å². The molecule has 0 bridgehead atoms. The molecule has 218 valence electrons. The predicted molar refractivity (Wildman–Crippen MR) is 166 cm³/mol. The summed E-state index contributed by atoms with van der Waals surface area (Å²) in [5.41, 5.74) is 5.42. The molecule has 43 heavy (non-hydrogen) atoms. The standard InChI is InChI=1S/C32H25Cl2N3O6/c1-40-25-13-20(14-26(41-2)30(25)42-3)32(39)43-24-12-8-7-11-19(24)17-35-37-31(38)29-27(18-9-5-4-6-10-18)22-15-21(33)16-23(34)28(22)36-29/h4-17,36H,1-3H3,(H,37,38). The van der Waals surface area contributed by atoms with Gasteiger partial charge >= 0.3 is 5.97 Å². The van der Waals surface area contributed by atoms with Crippen molar-refractivity contribution in [3.63, 3.8) is 0 Å². The molecule has 4 aromatic carbocycles. The van der Waals surface area contributed by atoms with Crippen molar-refractivity contribution in [2.45, 2.75) is 0 Å². The zero-order valence-electron chi connectivity index (χ0n) is 23.2. The molecule has 0 spiro atoms. The van der Waals surface area contributed by atoms with E-state index in [0.717, 1.165) is 5.56 Å². The number of aromatic nitrogens is 1. The highest BCUT2D eigenvalue weighted by atomic mass is 35.5. The minimum absolute atomic E-state index is 0.181. The number of H-pyrrole nitrogens is 1. The van der Waals surface area contributed by atoms with Gasteiger partial charge in [0.15, 0.2) is 11.5 Å². The number of amides is 1. The van der Waals surface area contributed by atoms with Crippen LogP contribution >= 0.6 is 23.2 Å². The van der Waals surface area contributed by atoms with Crippen LogP contribution in [0.5, 0.6) is 23.0 Å². The van der Waals surface area contributed by atoms with Crippen molar-refractivity contribution in [1.82, 2.24) is 10.4 Å². The Morgan fingerprint density at radius 1 is 0.837 bits per heavy atom. The summed E-state index contributed by atoms with van der Waals surface area (Å²) in [4.78, 5) is 29.5. The van der Waals surface area contributed by atoms with E-state index in [1.54, 1.807) is 36.4 Å². The molecule has 0 radical (unpaired) electrons. The fourth-order valence-electron chi connectivity index (χ4n) is 4.55. The van der Waals surface area contributed by atoms with Crippen molar-refractivity contribution in [3.8, 4) is 34.1 Å². The number of carbonyl (C=O) groups excluding carboxylic acids is 2. The summed E-state index contributed by atoms with van der Waals surface area (Å²) in [5, 5.41) is 5.65. The van der Waals surface area contributed by atoms with Gasteiger partial charge in [0.05, 0.1) is 43.6 Å². The number of carbonyl (C=O) groups is 2. The lowest BCUT2D eigenvalue weighted by molar-refractivity contribution is 0.0733. The van der Waals surface area contributed by atoms with E-state index in [9.17, 15) is 9.59 Å². The maximum atomic E-state index is 13.4. The highest BCUT2D eigenvalue weighted by molar-refractivity contribution is 6.39. The highest BCUT2D eigenvalue weighted by Crippen LogP contribution is 2.39. The van der Waals surface area contributed by atoms with E-state index in [0.29, 0.717) is 49.3 Å². The van der Waals surface area contributed by atoms with Gasteiger partial charge in [-0.3, -0.25) is 4.79 Å². The summed E-state index contributed by atoms with van der Waals surface area (Å²) in [6.45, 7) is 0. The lowest BCUT2D eigenvalue weighted by atomic mass is 10.0. The first-order valence-electron chi connectivity index (χ1n) is 12.8. The number of hydrogen-bond acceptors (Lipinski definition) is 7. The SMILES string of the molecule is COc1cc(C(=O)Oc2ccccc2C=NNC(=O)c2[nH]c3c(Cl)cc(Cl)cc3c2-c2ccccc2)cc(OC)c1OC. The number of hydrazone groups is 1. The molecule has 1 amide bonds. The number of esters is 1. The van der Waals surface area contributed by atoms with Crippen LogP contribution in [-0.4, -0.2) is 44.4 Å². The number of halogens is 2. The summed E-state index contributed by atoms with van der Waals surface area (Å²) in [5.74, 6) is 0.0102. The third-order valence-corrected chi connectivity index (χ3v) is 7.02. The lowest BCUT2D eigenvalue weighted by Gasteiger charge is -2.14. The van der Waals surface area contributed by atoms with Crippen LogP contribution in [0.15, 0.2) is 84.0 Å². The first-order chi connectivity index (χ1) is 20.8. The number of nitrogens with zero attached hydrogens (tertiary/aromatic N) is 1. The van der Waals surface area contributed by atoms with Gasteiger partial charge in [-0.1, -0.05) is 65.7 Å². The average Bonchev–Trinajstić information content (AvgIpc) is 3.41. The van der Waals surface area contributed by atoms with Crippen LogP contribution in [0.2, 0.25) is 10.0 Å². The minimum Gasteiger partial charge on any atom is -0.493 e. The Morgan fingerprint density at radius 2 is 1.51 bits per heavy atom. The van der Waals surface area contributed by atoms with E-state index in [1.165, 1.54) is 39.7 Å². The van der Waals surface area contributed by atoms with Gasteiger partial charge in [-0.25, -0.2) is 10.2 Å². The third kappa shape index (κ3) is 6.13.